The second-order valence-electron chi connectivity index (χ2n) is 10.1. The summed E-state index contributed by atoms with van der Waals surface area (Å²) < 4.78 is 11.5. The summed E-state index contributed by atoms with van der Waals surface area (Å²) in [6.45, 7) is 13.5. The molecule has 0 aliphatic heterocycles. The van der Waals surface area contributed by atoms with Gasteiger partial charge in [-0.1, -0.05) is 32.9 Å². The number of esters is 2. The van der Waals surface area contributed by atoms with Crippen LogP contribution in [0.3, 0.4) is 0 Å². The van der Waals surface area contributed by atoms with Crippen molar-refractivity contribution < 1.29 is 34.1 Å². The number of Topliss-reactive ketones (excluding diaryl/α,β-unsaturated/α-hetero) is 1. The van der Waals surface area contributed by atoms with E-state index in [0.717, 1.165) is 0 Å². The van der Waals surface area contributed by atoms with Crippen LogP contribution in [-0.2, 0) is 23.9 Å². The summed E-state index contributed by atoms with van der Waals surface area (Å²) in [6, 6.07) is 0. The monoisotopic (exact) mass is 450 g/mol. The van der Waals surface area contributed by atoms with Gasteiger partial charge in [-0.2, -0.15) is 0 Å². The van der Waals surface area contributed by atoms with Crippen molar-refractivity contribution >= 4 is 17.7 Å². The van der Waals surface area contributed by atoms with Gasteiger partial charge in [0.25, 0.3) is 0 Å². The van der Waals surface area contributed by atoms with E-state index in [1.165, 1.54) is 6.92 Å². The number of ether oxygens (including phenoxy) is 2. The quantitative estimate of drug-likeness (QED) is 0.488. The minimum Gasteiger partial charge on any atom is -0.458 e. The van der Waals surface area contributed by atoms with Gasteiger partial charge in [-0.25, -0.2) is 9.59 Å². The summed E-state index contributed by atoms with van der Waals surface area (Å²) in [5, 5.41) is 22.9. The van der Waals surface area contributed by atoms with E-state index in [4.69, 9.17) is 9.47 Å². The van der Waals surface area contributed by atoms with Gasteiger partial charge in [0.05, 0.1) is 5.60 Å². The zero-order valence-corrected chi connectivity index (χ0v) is 20.5. The van der Waals surface area contributed by atoms with E-state index in [-0.39, 0.29) is 12.3 Å². The molecule has 2 saturated carbocycles. The van der Waals surface area contributed by atoms with Crippen molar-refractivity contribution in [3.8, 4) is 0 Å². The average molecular weight is 451 g/mol. The molecule has 0 saturated heterocycles. The van der Waals surface area contributed by atoms with E-state index in [1.54, 1.807) is 46.8 Å². The van der Waals surface area contributed by atoms with Crippen LogP contribution in [0, 0.1) is 17.3 Å². The first-order valence-electron chi connectivity index (χ1n) is 11.3. The Bertz CT molecular complexity index is 837. The number of allylic oxidation sites excluding steroid dienone is 2. The first-order valence-corrected chi connectivity index (χ1v) is 11.3. The van der Waals surface area contributed by atoms with Gasteiger partial charge in [0.1, 0.15) is 11.7 Å². The maximum absolute atomic E-state index is 13.5. The number of hydrogen-bond acceptors (Lipinski definition) is 7. The lowest BCUT2D eigenvalue weighted by Gasteiger charge is -2.44. The van der Waals surface area contributed by atoms with Crippen LogP contribution in [0.4, 0.5) is 0 Å². The normalized spacial score (nSPS) is 38.3. The fourth-order valence-corrected chi connectivity index (χ4v) is 5.20. The molecular weight excluding hydrogens is 412 g/mol. The second kappa shape index (κ2) is 9.10. The Hall–Kier alpha value is -1.99. The molecule has 7 nitrogen and oxygen atoms in total. The lowest BCUT2D eigenvalue weighted by Crippen LogP contribution is -2.54. The number of aliphatic hydroxyl groups is 2. The van der Waals surface area contributed by atoms with E-state index < -0.39 is 52.5 Å². The fourth-order valence-electron chi connectivity index (χ4n) is 5.20. The van der Waals surface area contributed by atoms with Gasteiger partial charge in [0.15, 0.2) is 6.10 Å². The molecule has 0 radical (unpaired) electrons. The molecule has 180 valence electrons. The molecule has 2 aliphatic rings. The average Bonchev–Trinajstić information content (AvgIpc) is 2.98. The standard InChI is InChI=1S/C25H38O7/c1-9-15(5)21(27)31-17-13-24(8,29)19(26)20(32-22(28)16(6)10-2)23(7)11-12-25(30,14(3)4)18(17)23/h9-10,14,17-18,20,29-30H,11-13H2,1-8H3/t17-,18+,20+,23-,24+,25+/m0/s1. The highest BCUT2D eigenvalue weighted by Gasteiger charge is 2.68. The molecule has 2 aliphatic carbocycles. The second-order valence-corrected chi connectivity index (χ2v) is 10.1. The zero-order chi connectivity index (χ0) is 24.6. The molecule has 0 bridgehead atoms. The lowest BCUT2D eigenvalue weighted by molar-refractivity contribution is -0.176. The van der Waals surface area contributed by atoms with Crippen LogP contribution in [0.1, 0.15) is 74.7 Å². The molecule has 0 amide bonds. The number of ketones is 1. The number of rotatable bonds is 5. The summed E-state index contributed by atoms with van der Waals surface area (Å²) >= 11 is 0. The Kier molecular flexibility index (Phi) is 7.47. The van der Waals surface area contributed by atoms with E-state index in [9.17, 15) is 24.6 Å². The van der Waals surface area contributed by atoms with Gasteiger partial charge in [-0.05, 0) is 53.4 Å². The van der Waals surface area contributed by atoms with Crippen LogP contribution in [-0.4, -0.2) is 51.3 Å². The number of carbonyl (C=O) groups is 3. The number of fused-ring (bicyclic) bond motifs is 1. The van der Waals surface area contributed by atoms with Crippen LogP contribution < -0.4 is 0 Å². The maximum atomic E-state index is 13.5. The van der Waals surface area contributed by atoms with Crippen LogP contribution in [0.25, 0.3) is 0 Å². The third-order valence-corrected chi connectivity index (χ3v) is 7.64. The van der Waals surface area contributed by atoms with E-state index in [0.29, 0.717) is 24.0 Å². The van der Waals surface area contributed by atoms with Crippen molar-refractivity contribution in [2.24, 2.45) is 17.3 Å². The molecule has 7 heteroatoms. The molecular formula is C25H38O7. The Morgan fingerprint density at radius 2 is 1.50 bits per heavy atom. The van der Waals surface area contributed by atoms with Gasteiger partial charge >= 0.3 is 11.9 Å². The molecule has 2 fully saturated rings. The molecule has 0 aromatic carbocycles. The molecule has 2 N–H and O–H groups in total. The van der Waals surface area contributed by atoms with Crippen molar-refractivity contribution in [3.63, 3.8) is 0 Å². The Morgan fingerprint density at radius 1 is 1.00 bits per heavy atom. The Morgan fingerprint density at radius 3 is 1.97 bits per heavy atom. The topological polar surface area (TPSA) is 110 Å². The highest BCUT2D eigenvalue weighted by atomic mass is 16.6. The number of hydrogen-bond donors (Lipinski definition) is 2. The predicted molar refractivity (Wildman–Crippen MR) is 119 cm³/mol. The van der Waals surface area contributed by atoms with Gasteiger partial charge in [0, 0.05) is 28.9 Å². The van der Waals surface area contributed by atoms with Gasteiger partial charge < -0.3 is 19.7 Å². The molecule has 0 unspecified atom stereocenters. The Balaban J connectivity index is 2.67. The summed E-state index contributed by atoms with van der Waals surface area (Å²) in [7, 11) is 0. The van der Waals surface area contributed by atoms with Gasteiger partial charge in [-0.3, -0.25) is 4.79 Å². The van der Waals surface area contributed by atoms with Crippen molar-refractivity contribution in [2.75, 3.05) is 0 Å². The molecule has 0 spiro atoms. The SMILES string of the molecule is CC=C(C)C(=O)O[C@H]1C[C@@](C)(O)C(=O)[C@@H](OC(=O)C(C)=CC)[C@@]2(C)CC[C@@](O)(C(C)C)[C@H]12. The largest absolute Gasteiger partial charge is 0.458 e. The number of carbonyl (C=O) groups excluding carboxylic acids is 3. The zero-order valence-electron chi connectivity index (χ0n) is 20.5. The smallest absolute Gasteiger partial charge is 0.334 e. The van der Waals surface area contributed by atoms with Crippen LogP contribution in [0.5, 0.6) is 0 Å². The fraction of sp³-hybridized carbons (Fsp3) is 0.720. The van der Waals surface area contributed by atoms with E-state index in [1.807, 2.05) is 13.8 Å². The molecule has 32 heavy (non-hydrogen) atoms. The summed E-state index contributed by atoms with van der Waals surface area (Å²) in [4.78, 5) is 38.8. The first kappa shape index (κ1) is 26.3. The maximum Gasteiger partial charge on any atom is 0.334 e. The van der Waals surface area contributed by atoms with Gasteiger partial charge in [-0.15, -0.1) is 0 Å². The molecule has 0 aromatic rings. The van der Waals surface area contributed by atoms with Crippen molar-refractivity contribution in [2.45, 2.75) is 98.1 Å². The molecule has 6 atom stereocenters. The van der Waals surface area contributed by atoms with Crippen LogP contribution in [0.2, 0.25) is 0 Å². The summed E-state index contributed by atoms with van der Waals surface area (Å²) in [5.41, 5.74) is -3.49. The summed E-state index contributed by atoms with van der Waals surface area (Å²) in [6.07, 6.45) is 1.51. The lowest BCUT2D eigenvalue weighted by atomic mass is 9.66. The van der Waals surface area contributed by atoms with E-state index >= 15 is 0 Å². The minimum absolute atomic E-state index is 0.194. The third kappa shape index (κ3) is 4.42. The van der Waals surface area contributed by atoms with Crippen molar-refractivity contribution in [1.29, 1.82) is 0 Å². The van der Waals surface area contributed by atoms with E-state index in [2.05, 4.69) is 0 Å². The summed E-state index contributed by atoms with van der Waals surface area (Å²) in [5.74, 6) is -2.80. The van der Waals surface area contributed by atoms with Crippen LogP contribution in [0.15, 0.2) is 23.3 Å². The van der Waals surface area contributed by atoms with Crippen molar-refractivity contribution in [3.05, 3.63) is 23.3 Å². The molecule has 0 aromatic heterocycles. The highest BCUT2D eigenvalue weighted by Crippen LogP contribution is 2.59. The van der Waals surface area contributed by atoms with Gasteiger partial charge in [0.2, 0.25) is 5.78 Å². The molecule has 0 heterocycles. The Labute approximate surface area is 190 Å². The highest BCUT2D eigenvalue weighted by molar-refractivity contribution is 5.96. The molecule has 2 rings (SSSR count). The van der Waals surface area contributed by atoms with Crippen molar-refractivity contribution in [1.82, 2.24) is 0 Å². The third-order valence-electron chi connectivity index (χ3n) is 7.64. The van der Waals surface area contributed by atoms with Crippen LogP contribution >= 0.6 is 0 Å². The minimum atomic E-state index is -1.91. The predicted octanol–water partition coefficient (Wildman–Crippen LogP) is 3.27. The first-order chi connectivity index (χ1) is 14.7.